The molecule has 0 saturated heterocycles. The summed E-state index contributed by atoms with van der Waals surface area (Å²) in [4.78, 5) is 44.0. The maximum absolute atomic E-state index is 13.4. The van der Waals surface area contributed by atoms with Crippen molar-refractivity contribution in [1.29, 1.82) is 0 Å². The van der Waals surface area contributed by atoms with E-state index >= 15 is 0 Å². The smallest absolute Gasteiger partial charge is 0.348 e. The van der Waals surface area contributed by atoms with Crippen LogP contribution in [0.4, 0.5) is 5.69 Å². The van der Waals surface area contributed by atoms with E-state index in [4.69, 9.17) is 18.9 Å². The quantitative estimate of drug-likeness (QED) is 0.341. The van der Waals surface area contributed by atoms with Crippen LogP contribution in [0.1, 0.15) is 34.6 Å². The van der Waals surface area contributed by atoms with E-state index in [1.165, 1.54) is 32.2 Å². The van der Waals surface area contributed by atoms with Crippen LogP contribution in [0.25, 0.3) is 10.2 Å². The molecule has 0 aliphatic heterocycles. The Kier molecular flexibility index (Phi) is 8.24. The first-order chi connectivity index (χ1) is 16.4. The van der Waals surface area contributed by atoms with E-state index < -0.39 is 23.5 Å². The Morgan fingerprint density at radius 2 is 1.94 bits per heavy atom. The molecule has 0 radical (unpaired) electrons. The Bertz CT molecular complexity index is 1250. The third-order valence-electron chi connectivity index (χ3n) is 5.27. The molecule has 2 aromatic heterocycles. The van der Waals surface area contributed by atoms with Crippen LogP contribution in [0.5, 0.6) is 11.5 Å². The van der Waals surface area contributed by atoms with Gasteiger partial charge in [-0.15, -0.1) is 11.3 Å². The van der Waals surface area contributed by atoms with E-state index in [1.54, 1.807) is 32.0 Å². The van der Waals surface area contributed by atoms with Crippen molar-refractivity contribution in [2.45, 2.75) is 26.3 Å². The molecule has 3 rings (SSSR count). The third kappa shape index (κ3) is 5.05. The van der Waals surface area contributed by atoms with E-state index in [0.29, 0.717) is 38.9 Å². The van der Waals surface area contributed by atoms with Gasteiger partial charge < -0.3 is 24.3 Å². The number of nitrogens with one attached hydrogen (secondary N) is 1. The number of esters is 1. The van der Waals surface area contributed by atoms with Crippen LogP contribution in [0.2, 0.25) is 0 Å². The van der Waals surface area contributed by atoms with E-state index in [0.717, 1.165) is 11.3 Å². The van der Waals surface area contributed by atoms with Crippen molar-refractivity contribution in [3.05, 3.63) is 45.3 Å². The van der Waals surface area contributed by atoms with Crippen molar-refractivity contribution in [3.8, 4) is 11.5 Å². The molecule has 34 heavy (non-hydrogen) atoms. The van der Waals surface area contributed by atoms with Crippen LogP contribution in [0.3, 0.4) is 0 Å². The summed E-state index contributed by atoms with van der Waals surface area (Å²) >= 11 is 1.08. The molecule has 1 amide bonds. The average molecular weight is 490 g/mol. The van der Waals surface area contributed by atoms with Gasteiger partial charge in [-0.25, -0.2) is 9.78 Å². The number of aromatic nitrogens is 2. The summed E-state index contributed by atoms with van der Waals surface area (Å²) in [6, 6.07) is 4.19. The highest BCUT2D eigenvalue weighted by Gasteiger charge is 2.25. The monoisotopic (exact) mass is 489 g/mol. The van der Waals surface area contributed by atoms with Gasteiger partial charge in [-0.05, 0) is 31.0 Å². The lowest BCUT2D eigenvalue weighted by Crippen LogP contribution is -2.33. The molecule has 0 fully saturated rings. The lowest BCUT2D eigenvalue weighted by Gasteiger charge is -2.19. The molecule has 10 nitrogen and oxygen atoms in total. The van der Waals surface area contributed by atoms with Gasteiger partial charge in [0.25, 0.3) is 5.56 Å². The van der Waals surface area contributed by atoms with Crippen molar-refractivity contribution < 1.29 is 28.5 Å². The summed E-state index contributed by atoms with van der Waals surface area (Å²) in [6.45, 7) is 3.84. The summed E-state index contributed by atoms with van der Waals surface area (Å²) < 4.78 is 21.9. The van der Waals surface area contributed by atoms with Crippen molar-refractivity contribution in [1.82, 2.24) is 9.55 Å². The molecule has 1 aromatic carbocycles. The number of hydrogen-bond donors (Lipinski definition) is 1. The highest BCUT2D eigenvalue weighted by atomic mass is 32.1. The number of amides is 1. The van der Waals surface area contributed by atoms with Crippen LogP contribution in [0.15, 0.2) is 29.3 Å². The average Bonchev–Trinajstić information content (AvgIpc) is 3.18. The number of anilines is 1. The second kappa shape index (κ2) is 11.1. The number of benzene rings is 1. The molecule has 182 valence electrons. The molecule has 11 heteroatoms. The maximum atomic E-state index is 13.4. The number of hydrogen-bond acceptors (Lipinski definition) is 9. The van der Waals surface area contributed by atoms with Crippen LogP contribution in [0, 0.1) is 6.92 Å². The molecule has 0 aliphatic carbocycles. The van der Waals surface area contributed by atoms with Crippen LogP contribution >= 0.6 is 11.3 Å². The molecule has 2 heterocycles. The second-order valence-electron chi connectivity index (χ2n) is 7.30. The normalized spacial score (nSPS) is 11.8. The fraction of sp³-hybridized carbons (Fsp3) is 0.391. The first kappa shape index (κ1) is 25.2. The number of rotatable bonds is 10. The minimum Gasteiger partial charge on any atom is -0.497 e. The zero-order valence-electron chi connectivity index (χ0n) is 19.7. The van der Waals surface area contributed by atoms with Gasteiger partial charge in [0, 0.05) is 13.2 Å². The van der Waals surface area contributed by atoms with Crippen molar-refractivity contribution in [2.75, 3.05) is 39.9 Å². The highest BCUT2D eigenvalue weighted by Crippen LogP contribution is 2.31. The van der Waals surface area contributed by atoms with Crippen molar-refractivity contribution in [3.63, 3.8) is 0 Å². The second-order valence-corrected chi connectivity index (χ2v) is 8.30. The first-order valence-corrected chi connectivity index (χ1v) is 11.4. The number of nitrogens with zero attached hydrogens (tertiary/aromatic N) is 2. The number of methoxy groups -OCH3 is 3. The zero-order chi connectivity index (χ0) is 24.8. The largest absolute Gasteiger partial charge is 0.497 e. The summed E-state index contributed by atoms with van der Waals surface area (Å²) in [6.07, 6.45) is 1.66. The Balaban J connectivity index is 1.95. The van der Waals surface area contributed by atoms with E-state index in [-0.39, 0.29) is 18.6 Å². The minimum absolute atomic E-state index is 0.104. The topological polar surface area (TPSA) is 118 Å². The number of carbonyl (C=O) groups excluding carboxylic acids is 2. The summed E-state index contributed by atoms with van der Waals surface area (Å²) in [5.74, 6) is 0.0428. The number of thiophene rings is 1. The Labute approximate surface area is 200 Å². The van der Waals surface area contributed by atoms with Crippen molar-refractivity contribution >= 4 is 39.1 Å². The number of ether oxygens (including phenoxy) is 4. The van der Waals surface area contributed by atoms with Crippen molar-refractivity contribution in [2.24, 2.45) is 0 Å². The summed E-state index contributed by atoms with van der Waals surface area (Å²) in [5.41, 5.74) is 0.480. The molecule has 0 saturated carbocycles. The molecule has 1 atom stereocenters. The van der Waals surface area contributed by atoms with Crippen LogP contribution < -0.4 is 20.3 Å². The lowest BCUT2D eigenvalue weighted by atomic mass is 10.1. The van der Waals surface area contributed by atoms with E-state index in [9.17, 15) is 14.4 Å². The Morgan fingerprint density at radius 1 is 1.18 bits per heavy atom. The highest BCUT2D eigenvalue weighted by molar-refractivity contribution is 7.20. The summed E-state index contributed by atoms with van der Waals surface area (Å²) in [7, 11) is 4.53. The number of fused-ring (bicyclic) bond motifs is 1. The fourth-order valence-electron chi connectivity index (χ4n) is 3.47. The maximum Gasteiger partial charge on any atom is 0.348 e. The standard InChI is InChI=1S/C23H27N3O7S/c1-6-16(20(27)25-15-11-14(31-4)7-8-17(15)32-5)26-12-24-21-18(22(26)28)13(2)19(34-21)23(29)33-10-9-30-3/h7-8,11-12,16H,6,9-10H2,1-5H3,(H,25,27). The van der Waals surface area contributed by atoms with Gasteiger partial charge >= 0.3 is 5.97 Å². The van der Waals surface area contributed by atoms with Gasteiger partial charge in [0.1, 0.15) is 33.9 Å². The molecule has 1 unspecified atom stereocenters. The molecule has 1 N–H and O–H groups in total. The summed E-state index contributed by atoms with van der Waals surface area (Å²) in [5, 5.41) is 3.10. The molecule has 0 bridgehead atoms. The van der Waals surface area contributed by atoms with Gasteiger partial charge in [-0.2, -0.15) is 0 Å². The van der Waals surface area contributed by atoms with Gasteiger partial charge in [0.2, 0.25) is 5.91 Å². The fourth-order valence-corrected chi connectivity index (χ4v) is 4.51. The Morgan fingerprint density at radius 3 is 2.59 bits per heavy atom. The lowest BCUT2D eigenvalue weighted by molar-refractivity contribution is -0.119. The van der Waals surface area contributed by atoms with Gasteiger partial charge in [0.05, 0.1) is 38.2 Å². The molecule has 0 aliphatic rings. The van der Waals surface area contributed by atoms with Gasteiger partial charge in [-0.3, -0.25) is 14.2 Å². The molecular weight excluding hydrogens is 462 g/mol. The van der Waals surface area contributed by atoms with Crippen LogP contribution in [-0.4, -0.2) is 56.0 Å². The Hall–Kier alpha value is -3.44. The predicted octanol–water partition coefficient (Wildman–Crippen LogP) is 3.18. The number of aryl methyl sites for hydroxylation is 1. The third-order valence-corrected chi connectivity index (χ3v) is 6.45. The predicted molar refractivity (Wildman–Crippen MR) is 128 cm³/mol. The first-order valence-electron chi connectivity index (χ1n) is 10.5. The van der Waals surface area contributed by atoms with Gasteiger partial charge in [-0.1, -0.05) is 6.92 Å². The number of carbonyl (C=O) groups is 2. The van der Waals surface area contributed by atoms with E-state index in [2.05, 4.69) is 10.3 Å². The zero-order valence-corrected chi connectivity index (χ0v) is 20.5. The molecule has 3 aromatic rings. The van der Waals surface area contributed by atoms with E-state index in [1.807, 2.05) is 0 Å². The SMILES string of the molecule is CCC(C(=O)Nc1cc(OC)ccc1OC)n1cnc2sc(C(=O)OCCOC)c(C)c2c1=O. The van der Waals surface area contributed by atoms with Crippen LogP contribution in [-0.2, 0) is 14.3 Å². The molecule has 0 spiro atoms. The minimum atomic E-state index is -0.836. The van der Waals surface area contributed by atoms with Gasteiger partial charge in [0.15, 0.2) is 0 Å². The molecular formula is C23H27N3O7S.